The second-order valence-corrected chi connectivity index (χ2v) is 6.68. The molecule has 0 spiro atoms. The second-order valence-electron chi connectivity index (χ2n) is 6.68. The van der Waals surface area contributed by atoms with E-state index in [1.165, 1.54) is 25.3 Å². The fraction of sp³-hybridized carbons (Fsp3) is 0.238. The van der Waals surface area contributed by atoms with E-state index in [0.717, 1.165) is 5.69 Å². The first-order chi connectivity index (χ1) is 14.3. The number of anilines is 2. The van der Waals surface area contributed by atoms with Crippen molar-refractivity contribution in [3.63, 3.8) is 0 Å². The van der Waals surface area contributed by atoms with Gasteiger partial charge in [0, 0.05) is 7.05 Å². The molecule has 9 heteroatoms. The van der Waals surface area contributed by atoms with E-state index in [2.05, 4.69) is 15.7 Å². The molecule has 2 amide bonds. The van der Waals surface area contributed by atoms with E-state index in [0.29, 0.717) is 11.4 Å². The number of benzene rings is 1. The molecule has 0 radical (unpaired) electrons. The van der Waals surface area contributed by atoms with Gasteiger partial charge < -0.3 is 19.8 Å². The zero-order valence-electron chi connectivity index (χ0n) is 17.1. The summed E-state index contributed by atoms with van der Waals surface area (Å²) in [5, 5.41) is 9.59. The molecule has 30 heavy (non-hydrogen) atoms. The van der Waals surface area contributed by atoms with Gasteiger partial charge in [-0.15, -0.1) is 0 Å². The molecule has 0 aliphatic rings. The molecule has 0 aliphatic heterocycles. The van der Waals surface area contributed by atoms with E-state index in [1.54, 1.807) is 42.9 Å². The highest BCUT2D eigenvalue weighted by molar-refractivity contribution is 6.07. The van der Waals surface area contributed by atoms with Gasteiger partial charge in [-0.2, -0.15) is 5.10 Å². The van der Waals surface area contributed by atoms with Crippen LogP contribution < -0.4 is 10.6 Å². The number of esters is 1. The second kappa shape index (κ2) is 8.64. The predicted molar refractivity (Wildman–Crippen MR) is 109 cm³/mol. The molecule has 2 N–H and O–H groups in total. The Hall–Kier alpha value is -3.88. The summed E-state index contributed by atoms with van der Waals surface area (Å²) in [5.41, 5.74) is 2.39. The van der Waals surface area contributed by atoms with Crippen molar-refractivity contribution >= 4 is 29.2 Å². The smallest absolute Gasteiger partial charge is 0.341 e. The van der Waals surface area contributed by atoms with Crippen molar-refractivity contribution in [3.05, 3.63) is 65.4 Å². The van der Waals surface area contributed by atoms with Gasteiger partial charge in [0.1, 0.15) is 0 Å². The maximum atomic E-state index is 12.6. The summed E-state index contributed by atoms with van der Waals surface area (Å²) in [6.45, 7) is 5.07. The van der Waals surface area contributed by atoms with Crippen molar-refractivity contribution in [2.75, 3.05) is 10.6 Å². The molecule has 0 fully saturated rings. The number of ether oxygens (including phenoxy) is 1. The van der Waals surface area contributed by atoms with Crippen LogP contribution in [0.25, 0.3) is 0 Å². The maximum absolute atomic E-state index is 12.6. The topological polar surface area (TPSA) is 115 Å². The lowest BCUT2D eigenvalue weighted by molar-refractivity contribution is -0.123. The Morgan fingerprint density at radius 1 is 1.10 bits per heavy atom. The molecule has 1 aromatic carbocycles. The van der Waals surface area contributed by atoms with Gasteiger partial charge in [0.2, 0.25) is 0 Å². The lowest BCUT2D eigenvalue weighted by Crippen LogP contribution is -2.30. The summed E-state index contributed by atoms with van der Waals surface area (Å²) in [6.07, 6.45) is 0.312. The van der Waals surface area contributed by atoms with E-state index >= 15 is 0 Å². The molecule has 0 aliphatic carbocycles. The first-order valence-electron chi connectivity index (χ1n) is 9.24. The quantitative estimate of drug-likeness (QED) is 0.604. The van der Waals surface area contributed by atoms with Gasteiger partial charge in [-0.1, -0.05) is 12.1 Å². The Labute approximate surface area is 173 Å². The van der Waals surface area contributed by atoms with Crippen LogP contribution in [0.15, 0.2) is 47.1 Å². The number of aromatic nitrogens is 2. The average Bonchev–Trinajstić information content (AvgIpc) is 3.33. The number of para-hydroxylation sites is 1. The van der Waals surface area contributed by atoms with Gasteiger partial charge in [0.05, 0.1) is 34.6 Å². The molecule has 0 bridgehead atoms. The summed E-state index contributed by atoms with van der Waals surface area (Å²) in [5.74, 6) is -1.63. The zero-order chi connectivity index (χ0) is 21.8. The number of hydrogen-bond donors (Lipinski definition) is 2. The standard InChI is InChI=1S/C21H22N4O5/c1-12-18(13(2)25(4)24-12)23-19(26)14(3)30-21(28)15-8-5-6-9-16(15)22-20(27)17-10-7-11-29-17/h5-11,14H,1-4H3,(H,22,27)(H,23,26)/t14-/m0/s1. The lowest BCUT2D eigenvalue weighted by atomic mass is 10.1. The van der Waals surface area contributed by atoms with E-state index in [4.69, 9.17) is 9.15 Å². The fourth-order valence-electron chi connectivity index (χ4n) is 2.82. The Morgan fingerprint density at radius 2 is 1.83 bits per heavy atom. The number of carbonyl (C=O) groups excluding carboxylic acids is 3. The summed E-state index contributed by atoms with van der Waals surface area (Å²) in [6, 6.07) is 9.45. The van der Waals surface area contributed by atoms with Crippen LogP contribution in [0.5, 0.6) is 0 Å². The van der Waals surface area contributed by atoms with Crippen LogP contribution in [-0.2, 0) is 16.6 Å². The van der Waals surface area contributed by atoms with Crippen LogP contribution in [0, 0.1) is 13.8 Å². The van der Waals surface area contributed by atoms with Crippen molar-refractivity contribution in [3.8, 4) is 0 Å². The highest BCUT2D eigenvalue weighted by Crippen LogP contribution is 2.21. The SMILES string of the molecule is Cc1nn(C)c(C)c1NC(=O)[C@H](C)OC(=O)c1ccccc1NC(=O)c1ccco1. The summed E-state index contributed by atoms with van der Waals surface area (Å²) in [7, 11) is 1.77. The highest BCUT2D eigenvalue weighted by atomic mass is 16.5. The van der Waals surface area contributed by atoms with Crippen molar-refractivity contribution in [1.29, 1.82) is 0 Å². The van der Waals surface area contributed by atoms with Gasteiger partial charge in [-0.25, -0.2) is 4.79 Å². The van der Waals surface area contributed by atoms with Crippen LogP contribution in [0.3, 0.4) is 0 Å². The molecule has 0 saturated heterocycles. The molecule has 0 saturated carbocycles. The normalized spacial score (nSPS) is 11.6. The minimum absolute atomic E-state index is 0.105. The molecule has 3 aromatic rings. The number of nitrogens with zero attached hydrogens (tertiary/aromatic N) is 2. The number of nitrogens with one attached hydrogen (secondary N) is 2. The number of amides is 2. The molecule has 3 rings (SSSR count). The number of aryl methyl sites for hydroxylation is 2. The van der Waals surface area contributed by atoms with Crippen LogP contribution in [-0.4, -0.2) is 33.7 Å². The lowest BCUT2D eigenvalue weighted by Gasteiger charge is -2.15. The minimum Gasteiger partial charge on any atom is -0.459 e. The fourth-order valence-corrected chi connectivity index (χ4v) is 2.82. The Kier molecular flexibility index (Phi) is 6.01. The summed E-state index contributed by atoms with van der Waals surface area (Å²) >= 11 is 0. The van der Waals surface area contributed by atoms with Gasteiger partial charge in [-0.3, -0.25) is 14.3 Å². The van der Waals surface area contributed by atoms with E-state index in [9.17, 15) is 14.4 Å². The molecule has 156 valence electrons. The molecule has 0 unspecified atom stereocenters. The third-order valence-corrected chi connectivity index (χ3v) is 4.55. The van der Waals surface area contributed by atoms with Gasteiger partial charge in [0.25, 0.3) is 11.8 Å². The van der Waals surface area contributed by atoms with E-state index < -0.39 is 23.9 Å². The average molecular weight is 410 g/mol. The maximum Gasteiger partial charge on any atom is 0.341 e. The first-order valence-corrected chi connectivity index (χ1v) is 9.24. The van der Waals surface area contributed by atoms with Crippen LogP contribution in [0.1, 0.15) is 39.2 Å². The number of furan rings is 1. The van der Waals surface area contributed by atoms with Crippen LogP contribution >= 0.6 is 0 Å². The molecule has 1 atom stereocenters. The van der Waals surface area contributed by atoms with Crippen LogP contribution in [0.2, 0.25) is 0 Å². The van der Waals surface area contributed by atoms with Crippen molar-refractivity contribution in [2.45, 2.75) is 26.9 Å². The Morgan fingerprint density at radius 3 is 2.47 bits per heavy atom. The highest BCUT2D eigenvalue weighted by Gasteiger charge is 2.23. The van der Waals surface area contributed by atoms with E-state index in [1.807, 2.05) is 6.92 Å². The van der Waals surface area contributed by atoms with Gasteiger partial charge >= 0.3 is 5.97 Å². The van der Waals surface area contributed by atoms with Crippen molar-refractivity contribution in [1.82, 2.24) is 9.78 Å². The molecular formula is C21H22N4O5. The van der Waals surface area contributed by atoms with Crippen molar-refractivity contribution < 1.29 is 23.5 Å². The summed E-state index contributed by atoms with van der Waals surface area (Å²) < 4.78 is 12.0. The third-order valence-electron chi connectivity index (χ3n) is 4.55. The Balaban J connectivity index is 1.69. The predicted octanol–water partition coefficient (Wildman–Crippen LogP) is 3.07. The Bertz CT molecular complexity index is 1090. The molecule has 9 nitrogen and oxygen atoms in total. The number of rotatable bonds is 6. The molecule has 2 heterocycles. The molecule has 2 aromatic heterocycles. The van der Waals surface area contributed by atoms with Gasteiger partial charge in [-0.05, 0) is 45.0 Å². The largest absolute Gasteiger partial charge is 0.459 e. The first kappa shape index (κ1) is 20.8. The van der Waals surface area contributed by atoms with Crippen LogP contribution in [0.4, 0.5) is 11.4 Å². The zero-order valence-corrected chi connectivity index (χ0v) is 17.1. The van der Waals surface area contributed by atoms with Gasteiger partial charge in [0.15, 0.2) is 11.9 Å². The molecular weight excluding hydrogens is 388 g/mol. The van der Waals surface area contributed by atoms with E-state index in [-0.39, 0.29) is 17.0 Å². The van der Waals surface area contributed by atoms with Crippen molar-refractivity contribution in [2.24, 2.45) is 7.05 Å². The summed E-state index contributed by atoms with van der Waals surface area (Å²) in [4.78, 5) is 37.4. The number of hydrogen-bond acceptors (Lipinski definition) is 6. The minimum atomic E-state index is -1.06. The number of carbonyl (C=O) groups is 3. The monoisotopic (exact) mass is 410 g/mol. The third kappa shape index (κ3) is 4.40.